The average molecular weight is 316 g/mol. The van der Waals surface area contributed by atoms with Crippen LogP contribution in [0.15, 0.2) is 42.5 Å². The Morgan fingerprint density at radius 2 is 1.56 bits per heavy atom. The van der Waals surface area contributed by atoms with Crippen LogP contribution in [0.2, 0.25) is 0 Å². The summed E-state index contributed by atoms with van der Waals surface area (Å²) in [7, 11) is 0. The van der Waals surface area contributed by atoms with E-state index in [1.165, 1.54) is 22.3 Å². The molecule has 0 heterocycles. The number of halogens is 2. The van der Waals surface area contributed by atoms with Crippen LogP contribution in [0.25, 0.3) is 11.1 Å². The largest absolute Gasteiger partial charge is 1.00 e. The second kappa shape index (κ2) is 7.86. The summed E-state index contributed by atoms with van der Waals surface area (Å²) in [6.07, 6.45) is 0. The van der Waals surface area contributed by atoms with Crippen LogP contribution in [-0.4, -0.2) is 0 Å². The van der Waals surface area contributed by atoms with Gasteiger partial charge in [0.05, 0.1) is 0 Å². The maximum Gasteiger partial charge on any atom is -1.00 e. The van der Waals surface area contributed by atoms with Gasteiger partial charge in [-0.2, -0.15) is 0 Å². The molecule has 0 bridgehead atoms. The Balaban J connectivity index is 0.00000144. The Morgan fingerprint density at radius 1 is 0.944 bits per heavy atom. The van der Waals surface area contributed by atoms with Crippen LogP contribution in [0.3, 0.4) is 0 Å². The van der Waals surface area contributed by atoms with Gasteiger partial charge >= 0.3 is 108 Å². The summed E-state index contributed by atoms with van der Waals surface area (Å²) in [5.41, 5.74) is 4.88. The molecule has 0 unspecified atom stereocenters. The van der Waals surface area contributed by atoms with E-state index < -0.39 is 0 Å². The molecule has 0 fully saturated rings. The fourth-order valence-electron chi connectivity index (χ4n) is 1.98. The first-order valence-electron chi connectivity index (χ1n) is 5.22. The zero-order valence-corrected chi connectivity index (χ0v) is 13.3. The van der Waals surface area contributed by atoms with Crippen LogP contribution in [-0.2, 0) is 20.8 Å². The van der Waals surface area contributed by atoms with Crippen molar-refractivity contribution in [2.75, 3.05) is 0 Å². The summed E-state index contributed by atoms with van der Waals surface area (Å²) in [5, 5.41) is 0. The minimum atomic E-state index is 0. The molecule has 0 aliphatic carbocycles. The van der Waals surface area contributed by atoms with E-state index in [1.54, 1.807) is 20.8 Å². The summed E-state index contributed by atoms with van der Waals surface area (Å²) in [6.45, 7) is 4.21. The molecule has 18 heavy (non-hydrogen) atoms. The van der Waals surface area contributed by atoms with E-state index in [2.05, 4.69) is 38.1 Å². The molecule has 0 aliphatic rings. The Hall–Kier alpha value is -0.466. The number of aryl methyl sites for hydroxylation is 2. The summed E-state index contributed by atoms with van der Waals surface area (Å²) < 4.78 is 5.46. The van der Waals surface area contributed by atoms with Gasteiger partial charge < -0.3 is 24.8 Å². The third kappa shape index (κ3) is 3.76. The van der Waals surface area contributed by atoms with E-state index in [1.807, 2.05) is 18.2 Å². The zero-order valence-electron chi connectivity index (χ0n) is 10.2. The zero-order chi connectivity index (χ0) is 11.5. The average Bonchev–Trinajstić information content (AvgIpc) is 2.29. The van der Waals surface area contributed by atoms with Crippen LogP contribution in [0, 0.1) is 13.8 Å². The molecule has 0 N–H and O–H groups in total. The Morgan fingerprint density at radius 3 is 2.11 bits per heavy atom. The third-order valence-electron chi connectivity index (χ3n) is 2.62. The van der Waals surface area contributed by atoms with Crippen LogP contribution in [0.5, 0.6) is 5.75 Å². The Kier molecular flexibility index (Phi) is 7.65. The normalized spacial score (nSPS) is 9.11. The van der Waals surface area contributed by atoms with Crippen LogP contribution in [0.1, 0.15) is 11.1 Å². The smallest absolute Gasteiger partial charge is 1.00 e. The first-order valence-corrected chi connectivity index (χ1v) is 5.86. The summed E-state index contributed by atoms with van der Waals surface area (Å²) in [5.74, 6) is 0.948. The number of hydrogen-bond acceptors (Lipinski definition) is 1. The fourth-order valence-corrected chi connectivity index (χ4v) is 2.24. The van der Waals surface area contributed by atoms with Crippen LogP contribution in [0.4, 0.5) is 0 Å². The number of rotatable bonds is 2. The molecule has 1 nitrogen and oxygen atoms in total. The van der Waals surface area contributed by atoms with Gasteiger partial charge in [0, 0.05) is 0 Å². The minimum absolute atomic E-state index is 0. The molecule has 0 spiro atoms. The molecular formula is C14H13Cl2OTi. The number of benzene rings is 2. The van der Waals surface area contributed by atoms with Crippen LogP contribution >= 0.6 is 0 Å². The maximum atomic E-state index is 5.46. The molecule has 93 valence electrons. The molecule has 0 aliphatic heterocycles. The minimum Gasteiger partial charge on any atom is -1.00 e. The van der Waals surface area contributed by atoms with Gasteiger partial charge in [0.25, 0.3) is 0 Å². The van der Waals surface area contributed by atoms with Crippen molar-refractivity contribution in [3.8, 4) is 16.9 Å². The van der Waals surface area contributed by atoms with Gasteiger partial charge in [-0.15, -0.1) is 0 Å². The van der Waals surface area contributed by atoms with Gasteiger partial charge in [0.15, 0.2) is 0 Å². The Labute approximate surface area is 133 Å². The topological polar surface area (TPSA) is 9.23 Å². The molecule has 0 aromatic heterocycles. The van der Waals surface area contributed by atoms with Crippen molar-refractivity contribution >= 4 is 0 Å². The van der Waals surface area contributed by atoms with Crippen molar-refractivity contribution in [1.82, 2.24) is 0 Å². The van der Waals surface area contributed by atoms with E-state index in [4.69, 9.17) is 3.32 Å². The third-order valence-corrected chi connectivity index (χ3v) is 2.96. The first-order chi connectivity index (χ1) is 7.72. The molecule has 2 aromatic carbocycles. The van der Waals surface area contributed by atoms with Crippen LogP contribution < -0.4 is 28.1 Å². The fraction of sp³-hybridized carbons (Fsp3) is 0.143. The van der Waals surface area contributed by atoms with Gasteiger partial charge in [-0.25, -0.2) is 0 Å². The van der Waals surface area contributed by atoms with Crippen molar-refractivity contribution in [3.63, 3.8) is 0 Å². The molecule has 0 radical (unpaired) electrons. The van der Waals surface area contributed by atoms with Gasteiger partial charge in [-0.3, -0.25) is 0 Å². The van der Waals surface area contributed by atoms with Gasteiger partial charge in [0.2, 0.25) is 0 Å². The van der Waals surface area contributed by atoms with E-state index >= 15 is 0 Å². The second-order valence-electron chi connectivity index (χ2n) is 3.92. The van der Waals surface area contributed by atoms with Crippen molar-refractivity contribution in [2.24, 2.45) is 0 Å². The van der Waals surface area contributed by atoms with Crippen molar-refractivity contribution < 1.29 is 49.0 Å². The molecule has 4 heteroatoms. The SMILES string of the molecule is Cc1cc(C)c(-c2ccccc2)c([O][Ti+2])c1.[Cl-].[Cl-]. The van der Waals surface area contributed by atoms with Crippen molar-refractivity contribution in [3.05, 3.63) is 53.6 Å². The summed E-state index contributed by atoms with van der Waals surface area (Å²) in [6, 6.07) is 14.6. The predicted octanol–water partition coefficient (Wildman–Crippen LogP) is -2.18. The maximum absolute atomic E-state index is 5.46. The first kappa shape index (κ1) is 17.5. The predicted molar refractivity (Wildman–Crippen MR) is 62.0 cm³/mol. The van der Waals surface area contributed by atoms with E-state index in [9.17, 15) is 0 Å². The standard InChI is InChI=1S/C14H14O.2ClH.Ti/c1-10-8-11(2)14(13(15)9-10)12-6-4-3-5-7-12;;;/h3-9,15H,1-2H3;2*1H;/q;;;+3/p-3. The monoisotopic (exact) mass is 315 g/mol. The van der Waals surface area contributed by atoms with Gasteiger partial charge in [-0.1, -0.05) is 0 Å². The Bertz CT molecular complexity index is 501. The number of hydrogen-bond donors (Lipinski definition) is 0. The molecule has 0 amide bonds. The molecule has 2 aromatic rings. The van der Waals surface area contributed by atoms with E-state index in [-0.39, 0.29) is 24.8 Å². The molecule has 0 saturated carbocycles. The van der Waals surface area contributed by atoms with Crippen molar-refractivity contribution in [2.45, 2.75) is 13.8 Å². The van der Waals surface area contributed by atoms with Gasteiger partial charge in [0.1, 0.15) is 0 Å². The van der Waals surface area contributed by atoms with E-state index in [0.29, 0.717) is 0 Å². The van der Waals surface area contributed by atoms with Gasteiger partial charge in [-0.05, 0) is 0 Å². The molecule has 0 atom stereocenters. The second-order valence-corrected chi connectivity index (χ2v) is 4.24. The molecule has 2 rings (SSSR count). The van der Waals surface area contributed by atoms with E-state index in [0.717, 1.165) is 5.75 Å². The molecule has 0 saturated heterocycles. The quantitative estimate of drug-likeness (QED) is 0.573. The summed E-state index contributed by atoms with van der Waals surface area (Å²) in [4.78, 5) is 0. The molecular weight excluding hydrogens is 303 g/mol. The summed E-state index contributed by atoms with van der Waals surface area (Å²) >= 11 is 1.72. The van der Waals surface area contributed by atoms with Crippen molar-refractivity contribution in [1.29, 1.82) is 0 Å².